The zero-order chi connectivity index (χ0) is 13.1. The zero-order valence-electron chi connectivity index (χ0n) is 10.5. The molecule has 0 radical (unpaired) electrons. The second kappa shape index (κ2) is 4.87. The molecule has 1 aromatic carbocycles. The molecule has 2 aromatic rings. The predicted octanol–water partition coefficient (Wildman–Crippen LogP) is 1.87. The van der Waals surface area contributed by atoms with E-state index in [-0.39, 0.29) is 18.0 Å². The second-order valence-electron chi connectivity index (χ2n) is 3.81. The van der Waals surface area contributed by atoms with Gasteiger partial charge in [-0.25, -0.2) is 0 Å². The van der Waals surface area contributed by atoms with Gasteiger partial charge in [-0.3, -0.25) is 0 Å². The summed E-state index contributed by atoms with van der Waals surface area (Å²) in [5, 5.41) is 0. The van der Waals surface area contributed by atoms with Crippen molar-refractivity contribution in [2.45, 2.75) is 13.8 Å². The van der Waals surface area contributed by atoms with Crippen LogP contribution in [0.2, 0.25) is 0 Å². The summed E-state index contributed by atoms with van der Waals surface area (Å²) in [6.07, 6.45) is 0. The van der Waals surface area contributed by atoms with E-state index in [9.17, 15) is 0 Å². The molecule has 0 saturated heterocycles. The van der Waals surface area contributed by atoms with Gasteiger partial charge in [0.15, 0.2) is 0 Å². The molecule has 2 rings (SSSR count). The molecule has 0 amide bonds. The van der Waals surface area contributed by atoms with E-state index < -0.39 is 0 Å². The molecule has 0 saturated carbocycles. The van der Waals surface area contributed by atoms with Crippen LogP contribution >= 0.6 is 0 Å². The molecule has 18 heavy (non-hydrogen) atoms. The van der Waals surface area contributed by atoms with Crippen molar-refractivity contribution in [3.8, 4) is 17.8 Å². The molecule has 6 heteroatoms. The third kappa shape index (κ3) is 2.65. The third-order valence-electron chi connectivity index (χ3n) is 2.48. The topological polar surface area (TPSA) is 83.2 Å². The highest BCUT2D eigenvalue weighted by Crippen LogP contribution is 2.22. The monoisotopic (exact) mass is 246 g/mol. The first kappa shape index (κ1) is 12.1. The Morgan fingerprint density at radius 2 is 1.72 bits per heavy atom. The van der Waals surface area contributed by atoms with Crippen molar-refractivity contribution >= 4 is 5.95 Å². The molecular weight excluding hydrogens is 232 g/mol. The number of aromatic nitrogens is 3. The summed E-state index contributed by atoms with van der Waals surface area (Å²) in [6.45, 7) is 4.04. The lowest BCUT2D eigenvalue weighted by atomic mass is 10.1. The minimum Gasteiger partial charge on any atom is -0.467 e. The highest BCUT2D eigenvalue weighted by atomic mass is 16.5. The van der Waals surface area contributed by atoms with E-state index in [1.807, 2.05) is 32.0 Å². The van der Waals surface area contributed by atoms with Crippen molar-refractivity contribution in [2.75, 3.05) is 12.8 Å². The molecule has 94 valence electrons. The number of hydrogen-bond donors (Lipinski definition) is 1. The zero-order valence-corrected chi connectivity index (χ0v) is 10.5. The fraction of sp³-hybridized carbons (Fsp3) is 0.250. The van der Waals surface area contributed by atoms with E-state index in [0.717, 1.165) is 5.56 Å². The average Bonchev–Trinajstić information content (AvgIpc) is 2.33. The Labute approximate surface area is 105 Å². The third-order valence-corrected chi connectivity index (χ3v) is 2.48. The molecular formula is C12H14N4O2. The molecule has 0 unspecified atom stereocenters. The summed E-state index contributed by atoms with van der Waals surface area (Å²) in [5.74, 6) is 0.700. The maximum atomic E-state index is 5.52. The molecule has 0 fully saturated rings. The van der Waals surface area contributed by atoms with Crippen LogP contribution < -0.4 is 15.2 Å². The Bertz CT molecular complexity index is 572. The van der Waals surface area contributed by atoms with E-state index in [1.54, 1.807) is 0 Å². The highest BCUT2D eigenvalue weighted by Gasteiger charge is 2.07. The van der Waals surface area contributed by atoms with Gasteiger partial charge in [-0.2, -0.15) is 9.97 Å². The number of methoxy groups -OCH3 is 1. The van der Waals surface area contributed by atoms with Crippen molar-refractivity contribution in [1.29, 1.82) is 0 Å². The van der Waals surface area contributed by atoms with Crippen LogP contribution in [-0.4, -0.2) is 22.1 Å². The van der Waals surface area contributed by atoms with Gasteiger partial charge >= 0.3 is 12.0 Å². The maximum absolute atomic E-state index is 5.52. The molecule has 1 heterocycles. The summed E-state index contributed by atoms with van der Waals surface area (Å²) in [4.78, 5) is 11.6. The number of aryl methyl sites for hydroxylation is 2. The Morgan fingerprint density at radius 3 is 2.39 bits per heavy atom. The fourth-order valence-electron chi connectivity index (χ4n) is 1.37. The lowest BCUT2D eigenvalue weighted by Crippen LogP contribution is -2.02. The Balaban J connectivity index is 2.27. The number of benzene rings is 1. The summed E-state index contributed by atoms with van der Waals surface area (Å²) in [6, 6.07) is 5.95. The minimum atomic E-state index is 0.0562. The highest BCUT2D eigenvalue weighted by molar-refractivity contribution is 5.35. The quantitative estimate of drug-likeness (QED) is 0.890. The van der Waals surface area contributed by atoms with Crippen LogP contribution in [0.5, 0.6) is 17.8 Å². The fourth-order valence-corrected chi connectivity index (χ4v) is 1.37. The molecule has 6 nitrogen and oxygen atoms in total. The summed E-state index contributed by atoms with van der Waals surface area (Å²) in [5.41, 5.74) is 7.84. The molecule has 0 aliphatic heterocycles. The molecule has 0 aliphatic carbocycles. The Morgan fingerprint density at radius 1 is 1.00 bits per heavy atom. The van der Waals surface area contributed by atoms with Gasteiger partial charge in [0.1, 0.15) is 5.75 Å². The van der Waals surface area contributed by atoms with Crippen LogP contribution in [0.25, 0.3) is 0 Å². The van der Waals surface area contributed by atoms with Gasteiger partial charge in [0.25, 0.3) is 0 Å². The first-order valence-electron chi connectivity index (χ1n) is 5.39. The van der Waals surface area contributed by atoms with Crippen molar-refractivity contribution in [3.63, 3.8) is 0 Å². The van der Waals surface area contributed by atoms with Gasteiger partial charge in [0.2, 0.25) is 5.95 Å². The van der Waals surface area contributed by atoms with Crippen molar-refractivity contribution in [3.05, 3.63) is 29.3 Å². The number of nitrogens with two attached hydrogens (primary N) is 1. The van der Waals surface area contributed by atoms with Gasteiger partial charge < -0.3 is 15.2 Å². The van der Waals surface area contributed by atoms with Crippen molar-refractivity contribution in [2.24, 2.45) is 0 Å². The second-order valence-corrected chi connectivity index (χ2v) is 3.81. The van der Waals surface area contributed by atoms with Gasteiger partial charge in [0.05, 0.1) is 7.11 Å². The number of hydrogen-bond acceptors (Lipinski definition) is 6. The molecule has 0 bridgehead atoms. The van der Waals surface area contributed by atoms with Crippen LogP contribution in [0.1, 0.15) is 11.1 Å². The largest absolute Gasteiger partial charge is 0.467 e. The van der Waals surface area contributed by atoms with Crippen LogP contribution in [0.3, 0.4) is 0 Å². The van der Waals surface area contributed by atoms with Crippen LogP contribution in [-0.2, 0) is 0 Å². The maximum Gasteiger partial charge on any atom is 0.330 e. The van der Waals surface area contributed by atoms with Crippen molar-refractivity contribution in [1.82, 2.24) is 15.0 Å². The van der Waals surface area contributed by atoms with E-state index in [1.165, 1.54) is 12.7 Å². The Hall–Kier alpha value is -2.37. The minimum absolute atomic E-state index is 0.0562. The van der Waals surface area contributed by atoms with Gasteiger partial charge in [-0.1, -0.05) is 6.07 Å². The van der Waals surface area contributed by atoms with Crippen LogP contribution in [0, 0.1) is 13.8 Å². The number of nitrogen functional groups attached to an aromatic ring is 1. The lowest BCUT2D eigenvalue weighted by molar-refractivity contribution is 0.360. The summed E-state index contributed by atoms with van der Waals surface area (Å²) in [7, 11) is 1.45. The normalized spacial score (nSPS) is 10.2. The lowest BCUT2D eigenvalue weighted by Gasteiger charge is -2.07. The molecule has 0 spiro atoms. The van der Waals surface area contributed by atoms with Crippen molar-refractivity contribution < 1.29 is 9.47 Å². The van der Waals surface area contributed by atoms with Gasteiger partial charge in [-0.05, 0) is 37.1 Å². The molecule has 1 aromatic heterocycles. The Kier molecular flexibility index (Phi) is 3.27. The smallest absolute Gasteiger partial charge is 0.330 e. The van der Waals surface area contributed by atoms with E-state index in [4.69, 9.17) is 15.2 Å². The standard InChI is InChI=1S/C12H14N4O2/c1-7-4-5-9(6-8(7)2)18-12-15-10(13)14-11(16-12)17-3/h4-6H,1-3H3,(H2,13,14,15,16). The number of nitrogens with zero attached hydrogens (tertiary/aromatic N) is 3. The SMILES string of the molecule is COc1nc(N)nc(Oc2ccc(C)c(C)c2)n1. The number of anilines is 1. The number of rotatable bonds is 3. The first-order chi connectivity index (χ1) is 8.58. The summed E-state index contributed by atoms with van der Waals surface area (Å²) < 4.78 is 10.4. The van der Waals surface area contributed by atoms with E-state index >= 15 is 0 Å². The molecule has 0 atom stereocenters. The van der Waals surface area contributed by atoms with Gasteiger partial charge in [0, 0.05) is 0 Å². The van der Waals surface area contributed by atoms with E-state index in [0.29, 0.717) is 5.75 Å². The van der Waals surface area contributed by atoms with Gasteiger partial charge in [-0.15, -0.1) is 4.98 Å². The summed E-state index contributed by atoms with van der Waals surface area (Å²) >= 11 is 0. The van der Waals surface area contributed by atoms with Crippen LogP contribution in [0.15, 0.2) is 18.2 Å². The van der Waals surface area contributed by atoms with E-state index in [2.05, 4.69) is 15.0 Å². The van der Waals surface area contributed by atoms with Crippen LogP contribution in [0.4, 0.5) is 5.95 Å². The molecule has 2 N–H and O–H groups in total. The number of ether oxygens (including phenoxy) is 2. The first-order valence-corrected chi connectivity index (χ1v) is 5.39. The average molecular weight is 246 g/mol. The molecule has 0 aliphatic rings. The predicted molar refractivity (Wildman–Crippen MR) is 66.8 cm³/mol.